The number of aromatic nitrogens is 2. The van der Waals surface area contributed by atoms with Crippen LogP contribution in [0.15, 0.2) is 54.7 Å². The van der Waals surface area contributed by atoms with Crippen LogP contribution >= 0.6 is 0 Å². The van der Waals surface area contributed by atoms with Gasteiger partial charge in [-0.15, -0.1) is 0 Å². The van der Waals surface area contributed by atoms with Crippen molar-refractivity contribution >= 4 is 0 Å². The standard InChI is InChI=1S/C22H22N2O4/c1-15-10-24(17-4-8-19(9-5-17)26-12-21-14-28-21)23-22(15)16-2-6-18(7-3-16)25-11-20-13-27-20/h2-10,20-21H,11-14H2,1H3. The Hall–Kier alpha value is -2.83. The summed E-state index contributed by atoms with van der Waals surface area (Å²) in [5, 5.41) is 4.77. The average molecular weight is 378 g/mol. The molecule has 6 heteroatoms. The van der Waals surface area contributed by atoms with Gasteiger partial charge in [-0.3, -0.25) is 0 Å². The van der Waals surface area contributed by atoms with Crippen molar-refractivity contribution in [2.45, 2.75) is 19.1 Å². The zero-order valence-corrected chi connectivity index (χ0v) is 15.7. The van der Waals surface area contributed by atoms with Gasteiger partial charge in [-0.1, -0.05) is 0 Å². The van der Waals surface area contributed by atoms with E-state index in [0.717, 1.165) is 47.2 Å². The first-order valence-corrected chi connectivity index (χ1v) is 9.50. The van der Waals surface area contributed by atoms with Crippen LogP contribution in [0.5, 0.6) is 11.5 Å². The molecular formula is C22H22N2O4. The summed E-state index contributed by atoms with van der Waals surface area (Å²) in [6.45, 7) is 4.89. The van der Waals surface area contributed by atoms with Gasteiger partial charge in [0.15, 0.2) is 0 Å². The molecule has 2 aromatic carbocycles. The molecule has 3 heterocycles. The molecule has 0 spiro atoms. The Bertz CT molecular complexity index is 942. The number of rotatable bonds is 8. The van der Waals surface area contributed by atoms with E-state index in [1.807, 2.05) is 59.4 Å². The van der Waals surface area contributed by atoms with E-state index in [4.69, 9.17) is 24.0 Å². The minimum Gasteiger partial charge on any atom is -0.491 e. The first-order valence-electron chi connectivity index (χ1n) is 9.50. The lowest BCUT2D eigenvalue weighted by Crippen LogP contribution is -2.04. The molecule has 2 fully saturated rings. The van der Waals surface area contributed by atoms with Crippen LogP contribution in [0, 0.1) is 6.92 Å². The SMILES string of the molecule is Cc1cn(-c2ccc(OCC3CO3)cc2)nc1-c1ccc(OCC2CO2)cc1. The molecule has 2 atom stereocenters. The van der Waals surface area contributed by atoms with Gasteiger partial charge in [0.05, 0.1) is 24.6 Å². The first kappa shape index (κ1) is 17.3. The van der Waals surface area contributed by atoms with Crippen LogP contribution in [0.4, 0.5) is 0 Å². The lowest BCUT2D eigenvalue weighted by Gasteiger charge is -2.06. The summed E-state index contributed by atoms with van der Waals surface area (Å²) >= 11 is 0. The van der Waals surface area contributed by atoms with Crippen molar-refractivity contribution in [3.63, 3.8) is 0 Å². The van der Waals surface area contributed by atoms with Crippen LogP contribution in [-0.2, 0) is 9.47 Å². The molecule has 0 aliphatic carbocycles. The van der Waals surface area contributed by atoms with Crippen LogP contribution in [0.2, 0.25) is 0 Å². The Kier molecular flexibility index (Phi) is 4.50. The summed E-state index contributed by atoms with van der Waals surface area (Å²) in [5.74, 6) is 1.69. The maximum Gasteiger partial charge on any atom is 0.119 e. The smallest absolute Gasteiger partial charge is 0.119 e. The van der Waals surface area contributed by atoms with Crippen molar-refractivity contribution in [1.29, 1.82) is 0 Å². The molecule has 3 aromatic rings. The zero-order chi connectivity index (χ0) is 18.9. The van der Waals surface area contributed by atoms with Crippen molar-refractivity contribution in [3.05, 3.63) is 60.3 Å². The molecule has 2 saturated heterocycles. The van der Waals surface area contributed by atoms with Crippen LogP contribution in [0.25, 0.3) is 16.9 Å². The second kappa shape index (κ2) is 7.30. The molecule has 28 heavy (non-hydrogen) atoms. The van der Waals surface area contributed by atoms with Crippen molar-refractivity contribution < 1.29 is 18.9 Å². The monoisotopic (exact) mass is 378 g/mol. The Labute approximate surface area is 163 Å². The van der Waals surface area contributed by atoms with E-state index >= 15 is 0 Å². The maximum atomic E-state index is 5.70. The highest BCUT2D eigenvalue weighted by Gasteiger charge is 2.23. The number of benzene rings is 2. The number of nitrogens with zero attached hydrogens (tertiary/aromatic N) is 2. The second-order valence-corrected chi connectivity index (χ2v) is 7.16. The van der Waals surface area contributed by atoms with Crippen LogP contribution in [-0.4, -0.2) is 48.4 Å². The van der Waals surface area contributed by atoms with Crippen LogP contribution in [0.3, 0.4) is 0 Å². The van der Waals surface area contributed by atoms with E-state index in [0.29, 0.717) is 13.2 Å². The van der Waals surface area contributed by atoms with Crippen molar-refractivity contribution in [3.8, 4) is 28.4 Å². The van der Waals surface area contributed by atoms with E-state index < -0.39 is 0 Å². The number of hydrogen-bond acceptors (Lipinski definition) is 5. The summed E-state index contributed by atoms with van der Waals surface area (Å²) in [5.41, 5.74) is 4.14. The molecule has 2 aliphatic rings. The molecular weight excluding hydrogens is 356 g/mol. The van der Waals surface area contributed by atoms with E-state index in [2.05, 4.69) is 6.92 Å². The molecule has 0 saturated carbocycles. The molecule has 0 amide bonds. The summed E-state index contributed by atoms with van der Waals surface area (Å²) in [6.07, 6.45) is 2.56. The van der Waals surface area contributed by atoms with Gasteiger partial charge in [-0.2, -0.15) is 5.10 Å². The fourth-order valence-corrected chi connectivity index (χ4v) is 2.99. The largest absolute Gasteiger partial charge is 0.491 e. The fourth-order valence-electron chi connectivity index (χ4n) is 2.99. The van der Waals surface area contributed by atoms with Gasteiger partial charge in [0.25, 0.3) is 0 Å². The highest BCUT2D eigenvalue weighted by atomic mass is 16.6. The van der Waals surface area contributed by atoms with E-state index in [9.17, 15) is 0 Å². The topological polar surface area (TPSA) is 61.3 Å². The third-order valence-corrected chi connectivity index (χ3v) is 4.80. The molecule has 0 bridgehead atoms. The van der Waals surface area contributed by atoms with E-state index in [1.54, 1.807) is 0 Å². The lowest BCUT2D eigenvalue weighted by atomic mass is 10.1. The fraction of sp³-hybridized carbons (Fsp3) is 0.318. The van der Waals surface area contributed by atoms with Gasteiger partial charge >= 0.3 is 0 Å². The summed E-state index contributed by atoms with van der Waals surface area (Å²) in [4.78, 5) is 0. The molecule has 6 nitrogen and oxygen atoms in total. The van der Waals surface area contributed by atoms with Gasteiger partial charge in [0.1, 0.15) is 36.9 Å². The molecule has 5 rings (SSSR count). The molecule has 2 aliphatic heterocycles. The van der Waals surface area contributed by atoms with Crippen molar-refractivity contribution in [2.75, 3.05) is 26.4 Å². The van der Waals surface area contributed by atoms with Gasteiger partial charge in [0.2, 0.25) is 0 Å². The third-order valence-electron chi connectivity index (χ3n) is 4.80. The van der Waals surface area contributed by atoms with Crippen molar-refractivity contribution in [2.24, 2.45) is 0 Å². The van der Waals surface area contributed by atoms with Gasteiger partial charge in [0, 0.05) is 11.8 Å². The molecule has 1 aromatic heterocycles. The minimum absolute atomic E-state index is 0.259. The van der Waals surface area contributed by atoms with E-state index in [1.165, 1.54) is 0 Å². The normalized spacial score (nSPS) is 20.0. The van der Waals surface area contributed by atoms with Crippen LogP contribution in [0.1, 0.15) is 5.56 Å². The highest BCUT2D eigenvalue weighted by molar-refractivity contribution is 5.63. The number of epoxide rings is 2. The minimum atomic E-state index is 0.259. The molecule has 0 N–H and O–H groups in total. The zero-order valence-electron chi connectivity index (χ0n) is 15.7. The van der Waals surface area contributed by atoms with Gasteiger partial charge in [-0.05, 0) is 61.0 Å². The highest BCUT2D eigenvalue weighted by Crippen LogP contribution is 2.26. The Morgan fingerprint density at radius 1 is 0.893 bits per heavy atom. The first-order chi connectivity index (χ1) is 13.7. The van der Waals surface area contributed by atoms with E-state index in [-0.39, 0.29) is 12.2 Å². The van der Waals surface area contributed by atoms with Crippen molar-refractivity contribution in [1.82, 2.24) is 9.78 Å². The Morgan fingerprint density at radius 3 is 1.96 bits per heavy atom. The maximum absolute atomic E-state index is 5.70. The molecule has 2 unspecified atom stereocenters. The third kappa shape index (κ3) is 4.03. The average Bonchev–Trinajstić information content (AvgIpc) is 3.65. The quantitative estimate of drug-likeness (QED) is 0.562. The number of aryl methyl sites for hydroxylation is 1. The molecule has 0 radical (unpaired) electrons. The summed E-state index contributed by atoms with van der Waals surface area (Å²) < 4.78 is 23.6. The Balaban J connectivity index is 1.28. The van der Waals surface area contributed by atoms with Gasteiger partial charge in [-0.25, -0.2) is 4.68 Å². The van der Waals surface area contributed by atoms with Gasteiger partial charge < -0.3 is 18.9 Å². The molecule has 144 valence electrons. The second-order valence-electron chi connectivity index (χ2n) is 7.16. The van der Waals surface area contributed by atoms with Crippen LogP contribution < -0.4 is 9.47 Å². The predicted octanol–water partition coefficient (Wildman–Crippen LogP) is 3.40. The predicted molar refractivity (Wildman–Crippen MR) is 104 cm³/mol. The number of ether oxygens (including phenoxy) is 4. The lowest BCUT2D eigenvalue weighted by molar-refractivity contribution is 0.263. The number of hydrogen-bond donors (Lipinski definition) is 0. The Morgan fingerprint density at radius 2 is 1.43 bits per heavy atom. The summed E-state index contributed by atoms with van der Waals surface area (Å²) in [6, 6.07) is 16.0. The summed E-state index contributed by atoms with van der Waals surface area (Å²) in [7, 11) is 0.